The normalized spacial score (nSPS) is 12.1. The number of rotatable bonds is 11. The van der Waals surface area contributed by atoms with Crippen LogP contribution in [0.25, 0.3) is 0 Å². The zero-order chi connectivity index (χ0) is 28.0. The first kappa shape index (κ1) is 29.5. The molecular weight excluding hydrogens is 546 g/mol. The summed E-state index contributed by atoms with van der Waals surface area (Å²) in [4.78, 5) is -0.156. The van der Waals surface area contributed by atoms with Gasteiger partial charge in [-0.05, 0) is 74.7 Å². The van der Waals surface area contributed by atoms with Crippen molar-refractivity contribution >= 4 is 37.3 Å². The van der Waals surface area contributed by atoms with Crippen LogP contribution in [-0.4, -0.2) is 34.7 Å². The molecule has 0 spiro atoms. The van der Waals surface area contributed by atoms with Crippen LogP contribution in [0.2, 0.25) is 5.02 Å². The predicted octanol–water partition coefficient (Wildman–Crippen LogP) is 4.89. The minimum absolute atomic E-state index is 0.0285. The lowest BCUT2D eigenvalue weighted by atomic mass is 10.1. The second-order valence-corrected chi connectivity index (χ2v) is 13.6. The second kappa shape index (κ2) is 12.2. The minimum Gasteiger partial charge on any atom is -0.493 e. The molecule has 0 aromatic heterocycles. The molecule has 3 aromatic carbocycles. The quantitative estimate of drug-likeness (QED) is 0.335. The van der Waals surface area contributed by atoms with E-state index in [0.717, 1.165) is 5.56 Å². The highest BCUT2D eigenvalue weighted by Gasteiger charge is 2.26. The Bertz CT molecular complexity index is 1530. The Morgan fingerprint density at radius 2 is 1.63 bits per heavy atom. The van der Waals surface area contributed by atoms with E-state index >= 15 is 0 Å². The molecule has 3 aromatic rings. The van der Waals surface area contributed by atoms with Crippen molar-refractivity contribution in [2.24, 2.45) is 0 Å². The van der Waals surface area contributed by atoms with Gasteiger partial charge in [0.15, 0.2) is 0 Å². The van der Waals surface area contributed by atoms with E-state index in [2.05, 4.69) is 15.5 Å². The molecule has 0 saturated heterocycles. The maximum Gasteiger partial charge on any atom is 0.243 e. The van der Waals surface area contributed by atoms with Gasteiger partial charge in [0, 0.05) is 17.0 Å². The van der Waals surface area contributed by atoms with Crippen LogP contribution >= 0.6 is 11.6 Å². The summed E-state index contributed by atoms with van der Waals surface area (Å²) in [5, 5.41) is 9.38. The molecule has 38 heavy (non-hydrogen) atoms. The third kappa shape index (κ3) is 8.74. The van der Waals surface area contributed by atoms with E-state index in [1.807, 2.05) is 12.1 Å². The fourth-order valence-electron chi connectivity index (χ4n) is 3.60. The van der Waals surface area contributed by atoms with Gasteiger partial charge in [-0.2, -0.15) is 5.26 Å². The topological polar surface area (TPSA) is 125 Å². The number of hydrogen-bond acceptors (Lipinski definition) is 6. The lowest BCUT2D eigenvalue weighted by molar-refractivity contribution is 0.319. The van der Waals surface area contributed by atoms with Crippen LogP contribution in [0, 0.1) is 11.3 Å². The number of para-hydroxylation sites is 1. The number of aryl methyl sites for hydroxylation is 1. The Hall–Kier alpha value is -3.10. The standard InChI is InChI=1S/C27H30ClN3O5S2/c1-27(2,3)31-38(34,35)26-7-5-4-6-24(26)30-37(32,33)17-15-22-12-13-23(28)18-25(22)36-16-14-20-8-10-21(19-29)11-9-20/h4-13,18,30-31H,14-17H2,1-3H3. The molecule has 11 heteroatoms. The molecule has 0 bridgehead atoms. The Labute approximate surface area is 229 Å². The summed E-state index contributed by atoms with van der Waals surface area (Å²) in [6.45, 7) is 5.44. The van der Waals surface area contributed by atoms with Crippen molar-refractivity contribution in [1.29, 1.82) is 5.26 Å². The first-order valence-corrected chi connectivity index (χ1v) is 15.3. The molecule has 0 aliphatic heterocycles. The lowest BCUT2D eigenvalue weighted by Crippen LogP contribution is -2.40. The van der Waals surface area contributed by atoms with E-state index in [-0.39, 0.29) is 22.8 Å². The van der Waals surface area contributed by atoms with Crippen LogP contribution < -0.4 is 14.2 Å². The van der Waals surface area contributed by atoms with E-state index in [4.69, 9.17) is 21.6 Å². The van der Waals surface area contributed by atoms with Gasteiger partial charge in [-0.15, -0.1) is 0 Å². The van der Waals surface area contributed by atoms with Crippen LogP contribution in [0.1, 0.15) is 37.5 Å². The van der Waals surface area contributed by atoms with Crippen LogP contribution in [0.5, 0.6) is 5.75 Å². The highest BCUT2D eigenvalue weighted by Crippen LogP contribution is 2.26. The summed E-state index contributed by atoms with van der Waals surface area (Å²) >= 11 is 6.15. The largest absolute Gasteiger partial charge is 0.493 e. The maximum absolute atomic E-state index is 13.0. The fraction of sp³-hybridized carbons (Fsp3) is 0.296. The summed E-state index contributed by atoms with van der Waals surface area (Å²) in [5.74, 6) is 0.167. The van der Waals surface area contributed by atoms with E-state index in [9.17, 15) is 16.8 Å². The maximum atomic E-state index is 13.0. The highest BCUT2D eigenvalue weighted by molar-refractivity contribution is 7.93. The molecule has 3 rings (SSSR count). The zero-order valence-corrected chi connectivity index (χ0v) is 23.8. The molecule has 0 amide bonds. The van der Waals surface area contributed by atoms with Gasteiger partial charge in [-0.1, -0.05) is 41.9 Å². The number of nitrogens with one attached hydrogen (secondary N) is 2. The number of benzene rings is 3. The second-order valence-electron chi connectivity index (χ2n) is 9.68. The van der Waals surface area contributed by atoms with Gasteiger partial charge in [0.25, 0.3) is 0 Å². The number of sulfonamides is 2. The van der Waals surface area contributed by atoms with E-state index < -0.39 is 25.6 Å². The molecule has 0 aliphatic carbocycles. The molecule has 0 heterocycles. The van der Waals surface area contributed by atoms with Crippen molar-refractivity contribution in [1.82, 2.24) is 4.72 Å². The average molecular weight is 576 g/mol. The van der Waals surface area contributed by atoms with Crippen molar-refractivity contribution in [2.75, 3.05) is 17.1 Å². The van der Waals surface area contributed by atoms with E-state index in [1.165, 1.54) is 18.2 Å². The average Bonchev–Trinajstić information content (AvgIpc) is 2.82. The van der Waals surface area contributed by atoms with Gasteiger partial charge >= 0.3 is 0 Å². The number of hydrogen-bond donors (Lipinski definition) is 2. The van der Waals surface area contributed by atoms with E-state index in [1.54, 1.807) is 57.2 Å². The molecule has 202 valence electrons. The summed E-state index contributed by atoms with van der Waals surface area (Å²) in [6, 6.07) is 20.1. The fourth-order valence-corrected chi connectivity index (χ4v) is 6.51. The number of nitriles is 1. The third-order valence-corrected chi connectivity index (χ3v) is 8.61. The van der Waals surface area contributed by atoms with Gasteiger partial charge in [0.1, 0.15) is 10.6 Å². The molecule has 0 saturated carbocycles. The van der Waals surface area contributed by atoms with Gasteiger partial charge in [0.2, 0.25) is 20.0 Å². The summed E-state index contributed by atoms with van der Waals surface area (Å²) in [7, 11) is -7.88. The van der Waals surface area contributed by atoms with Crippen LogP contribution in [0.15, 0.2) is 71.6 Å². The number of halogens is 1. The lowest BCUT2D eigenvalue weighted by Gasteiger charge is -2.21. The van der Waals surface area contributed by atoms with Crippen molar-refractivity contribution in [3.63, 3.8) is 0 Å². The van der Waals surface area contributed by atoms with E-state index in [0.29, 0.717) is 34.9 Å². The molecule has 0 atom stereocenters. The summed E-state index contributed by atoms with van der Waals surface area (Å²) in [5.41, 5.74) is 1.45. The molecule has 8 nitrogen and oxygen atoms in total. The molecule has 0 fully saturated rings. The number of nitrogens with zero attached hydrogens (tertiary/aromatic N) is 1. The summed E-state index contributed by atoms with van der Waals surface area (Å²) in [6.07, 6.45) is 0.708. The van der Waals surface area contributed by atoms with Crippen molar-refractivity contribution in [2.45, 2.75) is 44.0 Å². The first-order valence-electron chi connectivity index (χ1n) is 11.8. The van der Waals surface area contributed by atoms with Crippen molar-refractivity contribution in [3.8, 4) is 11.8 Å². The van der Waals surface area contributed by atoms with Gasteiger partial charge in [-0.25, -0.2) is 21.6 Å². The highest BCUT2D eigenvalue weighted by atomic mass is 35.5. The summed E-state index contributed by atoms with van der Waals surface area (Å²) < 4.78 is 62.5. The SMILES string of the molecule is CC(C)(C)NS(=O)(=O)c1ccccc1NS(=O)(=O)CCc1ccc(Cl)cc1OCCc1ccc(C#N)cc1. The Kier molecular flexibility index (Phi) is 9.44. The van der Waals surface area contributed by atoms with Gasteiger partial charge < -0.3 is 4.74 Å². The van der Waals surface area contributed by atoms with Gasteiger partial charge in [-0.3, -0.25) is 4.72 Å². The van der Waals surface area contributed by atoms with Gasteiger partial charge in [0.05, 0.1) is 29.7 Å². The Balaban J connectivity index is 1.70. The predicted molar refractivity (Wildman–Crippen MR) is 149 cm³/mol. The molecule has 0 radical (unpaired) electrons. The van der Waals surface area contributed by atoms with Crippen LogP contribution in [0.4, 0.5) is 5.69 Å². The van der Waals surface area contributed by atoms with Crippen LogP contribution in [0.3, 0.4) is 0 Å². The number of ether oxygens (including phenoxy) is 1. The zero-order valence-electron chi connectivity index (χ0n) is 21.4. The van der Waals surface area contributed by atoms with Crippen LogP contribution in [-0.2, 0) is 32.9 Å². The van der Waals surface area contributed by atoms with Crippen molar-refractivity contribution in [3.05, 3.63) is 88.4 Å². The Morgan fingerprint density at radius 1 is 0.947 bits per heavy atom. The monoisotopic (exact) mass is 575 g/mol. The smallest absolute Gasteiger partial charge is 0.243 e. The third-order valence-electron chi connectivity index (χ3n) is 5.28. The molecule has 2 N–H and O–H groups in total. The molecule has 0 unspecified atom stereocenters. The minimum atomic E-state index is -3.96. The molecule has 0 aliphatic rings. The van der Waals surface area contributed by atoms with Crippen molar-refractivity contribution < 1.29 is 21.6 Å². The molecular formula is C27H30ClN3O5S2. The first-order chi connectivity index (χ1) is 17.8. The Morgan fingerprint density at radius 3 is 2.29 bits per heavy atom. The number of anilines is 1.